The molecule has 1 fully saturated rings. The van der Waals surface area contributed by atoms with Crippen LogP contribution in [-0.2, 0) is 5.41 Å². The number of alkyl halides is 3. The number of hydrogen-bond donors (Lipinski definition) is 3. The van der Waals surface area contributed by atoms with Gasteiger partial charge >= 0.3 is 12.2 Å². The summed E-state index contributed by atoms with van der Waals surface area (Å²) in [7, 11) is 0. The van der Waals surface area contributed by atoms with Crippen molar-refractivity contribution < 1.29 is 22.7 Å². The molecule has 0 spiro atoms. The van der Waals surface area contributed by atoms with Crippen LogP contribution in [0.2, 0.25) is 0 Å². The summed E-state index contributed by atoms with van der Waals surface area (Å²) in [5, 5.41) is 23.5. The molecule has 3 N–H and O–H groups in total. The van der Waals surface area contributed by atoms with Crippen molar-refractivity contribution in [3.05, 3.63) is 17.3 Å². The van der Waals surface area contributed by atoms with Crippen molar-refractivity contribution >= 4 is 23.0 Å². The number of aliphatic hydroxyl groups is 1. The van der Waals surface area contributed by atoms with Gasteiger partial charge in [0.05, 0.1) is 17.3 Å². The first-order chi connectivity index (χ1) is 15.9. The fourth-order valence-corrected chi connectivity index (χ4v) is 4.01. The quantitative estimate of drug-likeness (QED) is 0.490. The van der Waals surface area contributed by atoms with Gasteiger partial charge in [0.2, 0.25) is 5.95 Å². The number of anilines is 2. The Morgan fingerprint density at radius 2 is 1.85 bits per heavy atom. The number of aryl methyl sites for hydroxylation is 1. The molecule has 0 amide bonds. The highest BCUT2D eigenvalue weighted by molar-refractivity contribution is 5.84. The van der Waals surface area contributed by atoms with Gasteiger partial charge in [-0.1, -0.05) is 25.9 Å². The number of nitrogens with one attached hydrogen (secondary N) is 2. The summed E-state index contributed by atoms with van der Waals surface area (Å²) in [6.07, 6.45) is -1.51. The first-order valence-corrected chi connectivity index (χ1v) is 11.2. The van der Waals surface area contributed by atoms with Gasteiger partial charge in [0.1, 0.15) is 17.8 Å². The maximum absolute atomic E-state index is 12.7. The second-order valence-electron chi connectivity index (χ2n) is 9.71. The van der Waals surface area contributed by atoms with E-state index in [1.165, 1.54) is 0 Å². The minimum Gasteiger partial charge on any atom is -0.402 e. The molecule has 0 saturated heterocycles. The average molecular weight is 480 g/mol. The van der Waals surface area contributed by atoms with E-state index in [2.05, 4.69) is 35.8 Å². The van der Waals surface area contributed by atoms with E-state index in [9.17, 15) is 18.3 Å². The van der Waals surface area contributed by atoms with Gasteiger partial charge < -0.3 is 20.2 Å². The minimum atomic E-state index is -4.39. The molecule has 1 aliphatic carbocycles. The van der Waals surface area contributed by atoms with Gasteiger partial charge in [-0.15, -0.1) is 5.10 Å². The van der Waals surface area contributed by atoms with Crippen LogP contribution in [-0.4, -0.2) is 55.1 Å². The van der Waals surface area contributed by atoms with Crippen LogP contribution in [0, 0.1) is 6.92 Å². The number of rotatable bonds is 5. The lowest BCUT2D eigenvalue weighted by Crippen LogP contribution is -2.29. The summed E-state index contributed by atoms with van der Waals surface area (Å²) < 4.78 is 43.9. The van der Waals surface area contributed by atoms with Crippen LogP contribution < -0.4 is 10.6 Å². The molecule has 2 atom stereocenters. The van der Waals surface area contributed by atoms with E-state index in [1.807, 2.05) is 20.8 Å². The second-order valence-corrected chi connectivity index (χ2v) is 9.71. The van der Waals surface area contributed by atoms with Gasteiger partial charge in [0.25, 0.3) is 5.89 Å². The molecule has 3 aromatic heterocycles. The van der Waals surface area contributed by atoms with Crippen LogP contribution in [0.4, 0.5) is 25.1 Å². The molecule has 0 radical (unpaired) electrons. The molecule has 4 rings (SSSR count). The number of aliphatic hydroxyl groups excluding tert-OH is 1. The van der Waals surface area contributed by atoms with Crippen LogP contribution >= 0.6 is 0 Å². The SMILES string of the molecule is Cc1cc(-c2nnc(N[C@H]3CCC[C@@H](O)C3)o2)nc2c(C(C)(C)C)nc(NCC(F)(F)F)nc12. The Labute approximate surface area is 194 Å². The molecule has 0 bridgehead atoms. The Hall–Kier alpha value is -3.02. The van der Waals surface area contributed by atoms with E-state index in [0.717, 1.165) is 19.3 Å². The minimum absolute atomic E-state index is 0.0480. The summed E-state index contributed by atoms with van der Waals surface area (Å²) in [6, 6.07) is 2.00. The lowest BCUT2D eigenvalue weighted by molar-refractivity contribution is -0.115. The van der Waals surface area contributed by atoms with E-state index in [4.69, 9.17) is 4.42 Å². The van der Waals surface area contributed by atoms with Gasteiger partial charge in [-0.3, -0.25) is 0 Å². The smallest absolute Gasteiger partial charge is 0.402 e. The van der Waals surface area contributed by atoms with E-state index < -0.39 is 18.1 Å². The molecule has 0 unspecified atom stereocenters. The number of halogens is 3. The maximum atomic E-state index is 12.7. The Kier molecular flexibility index (Phi) is 6.36. The van der Waals surface area contributed by atoms with Crippen LogP contribution in [0.5, 0.6) is 0 Å². The van der Waals surface area contributed by atoms with Crippen molar-refractivity contribution in [2.45, 2.75) is 77.1 Å². The maximum Gasteiger partial charge on any atom is 0.405 e. The van der Waals surface area contributed by atoms with Crippen LogP contribution in [0.15, 0.2) is 10.5 Å². The summed E-state index contributed by atoms with van der Waals surface area (Å²) in [5.74, 6) is 0.0920. The topological polar surface area (TPSA) is 122 Å². The fraction of sp³-hybridized carbons (Fsp3) is 0.591. The fourth-order valence-electron chi connectivity index (χ4n) is 4.01. The van der Waals surface area contributed by atoms with Crippen molar-refractivity contribution in [3.63, 3.8) is 0 Å². The van der Waals surface area contributed by atoms with E-state index in [0.29, 0.717) is 34.4 Å². The highest BCUT2D eigenvalue weighted by Gasteiger charge is 2.29. The lowest BCUT2D eigenvalue weighted by Gasteiger charge is -2.25. The van der Waals surface area contributed by atoms with E-state index in [-0.39, 0.29) is 30.0 Å². The monoisotopic (exact) mass is 479 g/mol. The van der Waals surface area contributed by atoms with E-state index >= 15 is 0 Å². The predicted molar refractivity (Wildman–Crippen MR) is 120 cm³/mol. The largest absolute Gasteiger partial charge is 0.405 e. The molecule has 12 heteroatoms. The second kappa shape index (κ2) is 8.97. The molecule has 0 aromatic carbocycles. The third-order valence-electron chi connectivity index (χ3n) is 5.62. The Morgan fingerprint density at radius 1 is 1.09 bits per heavy atom. The lowest BCUT2D eigenvalue weighted by atomic mass is 9.90. The zero-order valence-electron chi connectivity index (χ0n) is 19.5. The number of hydrogen-bond acceptors (Lipinski definition) is 9. The number of fused-ring (bicyclic) bond motifs is 1. The van der Waals surface area contributed by atoms with Gasteiger partial charge in [-0.05, 0) is 44.2 Å². The van der Waals surface area contributed by atoms with E-state index in [1.54, 1.807) is 13.0 Å². The van der Waals surface area contributed by atoms with Crippen LogP contribution in [0.25, 0.3) is 22.6 Å². The normalized spacial score (nSPS) is 19.4. The van der Waals surface area contributed by atoms with Crippen LogP contribution in [0.3, 0.4) is 0 Å². The number of aromatic nitrogens is 5. The van der Waals surface area contributed by atoms with Gasteiger partial charge in [0.15, 0.2) is 0 Å². The Bertz CT molecular complexity index is 1170. The highest BCUT2D eigenvalue weighted by Crippen LogP contribution is 2.32. The third kappa shape index (κ3) is 5.54. The first kappa shape index (κ1) is 24.1. The van der Waals surface area contributed by atoms with Crippen molar-refractivity contribution in [2.75, 3.05) is 17.2 Å². The molecule has 34 heavy (non-hydrogen) atoms. The predicted octanol–water partition coefficient (Wildman–Crippen LogP) is 4.37. The van der Waals surface area contributed by atoms with Gasteiger partial charge in [0, 0.05) is 11.5 Å². The van der Waals surface area contributed by atoms with Gasteiger partial charge in [-0.2, -0.15) is 13.2 Å². The zero-order valence-corrected chi connectivity index (χ0v) is 19.5. The molecule has 9 nitrogen and oxygen atoms in total. The standard InChI is InChI=1S/C22H28F3N7O2/c1-11-8-14(18-31-32-20(34-18)27-12-6-5-7-13(33)9-12)28-16-15(11)29-19(26-10-22(23,24)25)30-17(16)21(2,3)4/h8,12-13,33H,5-7,9-10H2,1-4H3,(H,27,32)(H,26,29,30)/t12-,13+/m0/s1. The summed E-state index contributed by atoms with van der Waals surface area (Å²) in [4.78, 5) is 13.3. The molecule has 1 aliphatic rings. The Balaban J connectivity index is 1.68. The molecule has 3 heterocycles. The number of nitrogens with zero attached hydrogens (tertiary/aromatic N) is 5. The highest BCUT2D eigenvalue weighted by atomic mass is 19.4. The molecule has 3 aromatic rings. The Morgan fingerprint density at radius 3 is 2.53 bits per heavy atom. The van der Waals surface area contributed by atoms with Crippen molar-refractivity contribution in [1.82, 2.24) is 25.1 Å². The summed E-state index contributed by atoms with van der Waals surface area (Å²) in [5.41, 5.74) is 1.99. The number of pyridine rings is 1. The van der Waals surface area contributed by atoms with Crippen molar-refractivity contribution in [1.29, 1.82) is 0 Å². The van der Waals surface area contributed by atoms with Crippen molar-refractivity contribution in [3.8, 4) is 11.6 Å². The molecule has 184 valence electrons. The first-order valence-electron chi connectivity index (χ1n) is 11.2. The van der Waals surface area contributed by atoms with Gasteiger partial charge in [-0.25, -0.2) is 15.0 Å². The van der Waals surface area contributed by atoms with Crippen LogP contribution in [0.1, 0.15) is 57.7 Å². The third-order valence-corrected chi connectivity index (χ3v) is 5.62. The molecular formula is C22H28F3N7O2. The molecular weight excluding hydrogens is 451 g/mol. The molecule has 1 saturated carbocycles. The summed E-state index contributed by atoms with van der Waals surface area (Å²) >= 11 is 0. The van der Waals surface area contributed by atoms with Crippen molar-refractivity contribution in [2.24, 2.45) is 0 Å². The summed E-state index contributed by atoms with van der Waals surface area (Å²) in [6.45, 7) is 6.26. The average Bonchev–Trinajstić information content (AvgIpc) is 3.19. The zero-order chi connectivity index (χ0) is 24.7. The molecule has 0 aliphatic heterocycles.